The molecule has 2 aliphatic rings. The zero-order valence-electron chi connectivity index (χ0n) is 29.6. The molecule has 0 radical (unpaired) electrons. The van der Waals surface area contributed by atoms with E-state index in [1.165, 1.54) is 0 Å². The molecule has 1 aliphatic heterocycles. The van der Waals surface area contributed by atoms with E-state index < -0.39 is 5.60 Å². The van der Waals surface area contributed by atoms with Gasteiger partial charge in [0, 0.05) is 75.8 Å². The summed E-state index contributed by atoms with van der Waals surface area (Å²) in [5.41, 5.74) is 0.855. The fourth-order valence-electron chi connectivity index (χ4n) is 6.24. The molecule has 4 amide bonds. The lowest BCUT2D eigenvalue weighted by Gasteiger charge is -2.34. The molecule has 0 spiro atoms. The number of hydrogen-bond donors (Lipinski definition) is 2. The molecule has 11 heteroatoms. The van der Waals surface area contributed by atoms with Crippen molar-refractivity contribution >= 4 is 18.0 Å². The molecule has 4 rings (SSSR count). The summed E-state index contributed by atoms with van der Waals surface area (Å²) in [5.74, 6) is 1.05. The molecule has 1 saturated heterocycles. The molecule has 0 aromatic heterocycles. The third-order valence-electron chi connectivity index (χ3n) is 8.80. The van der Waals surface area contributed by atoms with Crippen LogP contribution < -0.4 is 20.1 Å². The molecule has 264 valence electrons. The lowest BCUT2D eigenvalue weighted by molar-refractivity contribution is 0.0280. The Balaban J connectivity index is 1.55. The summed E-state index contributed by atoms with van der Waals surface area (Å²) in [6, 6.07) is 14.5. The van der Waals surface area contributed by atoms with E-state index >= 15 is 0 Å². The second kappa shape index (κ2) is 16.9. The van der Waals surface area contributed by atoms with Crippen LogP contribution in [0.4, 0.5) is 9.59 Å². The van der Waals surface area contributed by atoms with Gasteiger partial charge in [-0.25, -0.2) is 9.59 Å². The van der Waals surface area contributed by atoms with Crippen molar-refractivity contribution in [1.29, 1.82) is 0 Å². The van der Waals surface area contributed by atoms with E-state index in [-0.39, 0.29) is 42.0 Å². The molecule has 2 aromatic carbocycles. The molecule has 1 aliphatic carbocycles. The molecule has 2 N–H and O–H groups in total. The van der Waals surface area contributed by atoms with E-state index in [0.29, 0.717) is 68.8 Å². The van der Waals surface area contributed by atoms with Gasteiger partial charge in [0.05, 0.1) is 13.7 Å². The van der Waals surface area contributed by atoms with Crippen molar-refractivity contribution < 1.29 is 33.3 Å². The zero-order chi connectivity index (χ0) is 34.8. The van der Waals surface area contributed by atoms with Crippen molar-refractivity contribution in [3.63, 3.8) is 0 Å². The largest absolute Gasteiger partial charge is 0.493 e. The highest BCUT2D eigenvalue weighted by atomic mass is 16.6. The van der Waals surface area contributed by atoms with Gasteiger partial charge in [0.25, 0.3) is 5.91 Å². The SMILES string of the molecule is COCCCOc1cc(C(=O)N(C[C@@H]2CN(C(=O)OC(C)(C)C)C[C@@H]2C(NC(=O)NCc2ccccc2)C2CC2)C(C)C)ccc1OC. The molecule has 48 heavy (non-hydrogen) atoms. The van der Waals surface area contributed by atoms with Gasteiger partial charge in [0.1, 0.15) is 5.60 Å². The number of urea groups is 1. The van der Waals surface area contributed by atoms with Crippen LogP contribution in [0.25, 0.3) is 0 Å². The van der Waals surface area contributed by atoms with Crippen molar-refractivity contribution in [2.45, 2.75) is 78.1 Å². The number of methoxy groups -OCH3 is 2. The van der Waals surface area contributed by atoms with E-state index in [0.717, 1.165) is 18.4 Å². The van der Waals surface area contributed by atoms with Crippen LogP contribution in [0.2, 0.25) is 0 Å². The summed E-state index contributed by atoms with van der Waals surface area (Å²) in [6.07, 6.45) is 2.33. The first kappa shape index (κ1) is 36.8. The number of likely N-dealkylation sites (tertiary alicyclic amines) is 1. The minimum absolute atomic E-state index is 0.0721. The summed E-state index contributed by atoms with van der Waals surface area (Å²) >= 11 is 0. The van der Waals surface area contributed by atoms with Crippen molar-refractivity contribution in [2.24, 2.45) is 17.8 Å². The van der Waals surface area contributed by atoms with E-state index in [2.05, 4.69) is 10.6 Å². The number of carbonyl (C=O) groups is 3. The number of nitrogens with one attached hydrogen (secondary N) is 2. The Kier molecular flexibility index (Phi) is 13.0. The Labute approximate surface area is 285 Å². The van der Waals surface area contributed by atoms with Gasteiger partial charge in [-0.15, -0.1) is 0 Å². The summed E-state index contributed by atoms with van der Waals surface area (Å²) in [6.45, 7) is 12.2. The summed E-state index contributed by atoms with van der Waals surface area (Å²) in [7, 11) is 3.22. The van der Waals surface area contributed by atoms with Crippen molar-refractivity contribution in [1.82, 2.24) is 20.4 Å². The average molecular weight is 667 g/mol. The number of amides is 4. The maximum atomic E-state index is 14.2. The van der Waals surface area contributed by atoms with Crippen LogP contribution in [0.5, 0.6) is 11.5 Å². The topological polar surface area (TPSA) is 119 Å². The van der Waals surface area contributed by atoms with Crippen molar-refractivity contribution in [2.75, 3.05) is 47.1 Å². The first-order valence-corrected chi connectivity index (χ1v) is 17.1. The molecule has 1 saturated carbocycles. The standard InChI is InChI=1S/C37H54N4O7/c1-25(2)41(34(42)28-16-17-31(46-7)32(20-28)47-19-11-18-45-6)23-29-22-40(36(44)48-37(3,4)5)24-30(29)33(27-14-15-27)39-35(43)38-21-26-12-9-8-10-13-26/h8-10,12-13,16-17,20,25,27,29-30,33H,11,14-15,18-19,21-24H2,1-7H3,(H2,38,39,43)/t29-,30-,33?/m0/s1. The Morgan fingerprint density at radius 2 is 1.71 bits per heavy atom. The maximum Gasteiger partial charge on any atom is 0.410 e. The fourth-order valence-corrected chi connectivity index (χ4v) is 6.24. The molecular formula is C37H54N4O7. The minimum atomic E-state index is -0.645. The molecule has 1 unspecified atom stereocenters. The molecule has 3 atom stereocenters. The number of hydrogen-bond acceptors (Lipinski definition) is 7. The number of ether oxygens (including phenoxy) is 4. The summed E-state index contributed by atoms with van der Waals surface area (Å²) in [5, 5.41) is 6.27. The average Bonchev–Trinajstić information content (AvgIpc) is 3.81. The van der Waals surface area contributed by atoms with E-state index in [4.69, 9.17) is 18.9 Å². The van der Waals surface area contributed by atoms with Crippen LogP contribution in [-0.4, -0.2) is 92.6 Å². The second-order valence-corrected chi connectivity index (χ2v) is 14.1. The molecule has 11 nitrogen and oxygen atoms in total. The third-order valence-corrected chi connectivity index (χ3v) is 8.80. The molecule has 1 heterocycles. The number of rotatable bonds is 15. The maximum absolute atomic E-state index is 14.2. The minimum Gasteiger partial charge on any atom is -0.493 e. The highest BCUT2D eigenvalue weighted by molar-refractivity contribution is 5.95. The number of nitrogens with zero attached hydrogens (tertiary/aromatic N) is 2. The second-order valence-electron chi connectivity index (χ2n) is 14.1. The highest BCUT2D eigenvalue weighted by Gasteiger charge is 2.47. The van der Waals surface area contributed by atoms with Gasteiger partial charge in [-0.05, 0) is 77.1 Å². The predicted molar refractivity (Wildman–Crippen MR) is 184 cm³/mol. The molecule has 2 aromatic rings. The van der Waals surface area contributed by atoms with Crippen LogP contribution in [0.3, 0.4) is 0 Å². The fraction of sp³-hybridized carbons (Fsp3) is 0.595. The van der Waals surface area contributed by atoms with Gasteiger partial charge in [-0.1, -0.05) is 30.3 Å². The Bertz CT molecular complexity index is 1360. The molecular weight excluding hydrogens is 612 g/mol. The van der Waals surface area contributed by atoms with Crippen LogP contribution in [0, 0.1) is 17.8 Å². The lowest BCUT2D eigenvalue weighted by atomic mass is 9.85. The van der Waals surface area contributed by atoms with Crippen LogP contribution in [0.1, 0.15) is 69.8 Å². The Morgan fingerprint density at radius 1 is 0.979 bits per heavy atom. The van der Waals surface area contributed by atoms with Gasteiger partial charge in [-0.2, -0.15) is 0 Å². The van der Waals surface area contributed by atoms with Gasteiger partial charge < -0.3 is 39.4 Å². The van der Waals surface area contributed by atoms with Crippen LogP contribution in [-0.2, 0) is 16.0 Å². The van der Waals surface area contributed by atoms with Crippen LogP contribution >= 0.6 is 0 Å². The predicted octanol–water partition coefficient (Wildman–Crippen LogP) is 5.72. The van der Waals surface area contributed by atoms with Crippen molar-refractivity contribution in [3.05, 3.63) is 59.7 Å². The highest BCUT2D eigenvalue weighted by Crippen LogP contribution is 2.41. The Morgan fingerprint density at radius 3 is 2.33 bits per heavy atom. The zero-order valence-corrected chi connectivity index (χ0v) is 29.6. The van der Waals surface area contributed by atoms with Crippen molar-refractivity contribution in [3.8, 4) is 11.5 Å². The monoisotopic (exact) mass is 666 g/mol. The molecule has 0 bridgehead atoms. The first-order chi connectivity index (χ1) is 22.9. The summed E-state index contributed by atoms with van der Waals surface area (Å²) < 4.78 is 22.4. The normalized spacial score (nSPS) is 18.3. The quantitative estimate of drug-likeness (QED) is 0.234. The van der Waals surface area contributed by atoms with Crippen LogP contribution in [0.15, 0.2) is 48.5 Å². The van der Waals surface area contributed by atoms with Gasteiger partial charge in [-0.3, -0.25) is 4.79 Å². The summed E-state index contributed by atoms with van der Waals surface area (Å²) in [4.78, 5) is 44.3. The third kappa shape index (κ3) is 10.5. The van der Waals surface area contributed by atoms with E-state index in [1.807, 2.05) is 69.9 Å². The first-order valence-electron chi connectivity index (χ1n) is 17.1. The lowest BCUT2D eigenvalue weighted by Crippen LogP contribution is -2.50. The Hall–Kier alpha value is -3.99. The van der Waals surface area contributed by atoms with E-state index in [1.54, 1.807) is 37.3 Å². The van der Waals surface area contributed by atoms with Gasteiger partial charge in [0.15, 0.2) is 11.5 Å². The van der Waals surface area contributed by atoms with Gasteiger partial charge in [0.2, 0.25) is 0 Å². The number of benzene rings is 2. The number of carbonyl (C=O) groups excluding carboxylic acids is 3. The van der Waals surface area contributed by atoms with E-state index in [9.17, 15) is 14.4 Å². The van der Waals surface area contributed by atoms with Gasteiger partial charge >= 0.3 is 12.1 Å². The smallest absolute Gasteiger partial charge is 0.410 e. The molecule has 2 fully saturated rings.